The molecular formula is C44H43F3N4O7S2. The summed E-state index contributed by atoms with van der Waals surface area (Å²) in [5.41, 5.74) is 1.26. The van der Waals surface area contributed by atoms with E-state index in [-0.39, 0.29) is 40.9 Å². The number of methoxy groups -OCH3 is 2. The van der Waals surface area contributed by atoms with Gasteiger partial charge >= 0.3 is 12.1 Å². The molecule has 0 radical (unpaired) electrons. The van der Waals surface area contributed by atoms with Crippen LogP contribution in [0.3, 0.4) is 0 Å². The molecule has 1 N–H and O–H groups in total. The number of nitrogens with one attached hydrogen (secondary N) is 1. The molecule has 0 unspecified atom stereocenters. The third kappa shape index (κ3) is 8.58. The molecule has 0 spiro atoms. The molecule has 2 saturated heterocycles. The Morgan fingerprint density at radius 2 is 0.983 bits per heavy atom. The fraction of sp³-hybridized carbons (Fsp3) is 0.250. The maximum atomic E-state index is 13.5. The van der Waals surface area contributed by atoms with E-state index in [1.54, 1.807) is 66.6 Å². The zero-order valence-electron chi connectivity index (χ0n) is 32.9. The molecule has 60 heavy (non-hydrogen) atoms. The summed E-state index contributed by atoms with van der Waals surface area (Å²) < 4.78 is 103. The van der Waals surface area contributed by atoms with Gasteiger partial charge < -0.3 is 29.5 Å². The van der Waals surface area contributed by atoms with Crippen LogP contribution in [-0.4, -0.2) is 100 Å². The molecule has 0 aromatic heterocycles. The standard InChI is InChI=1S/C23H21F3N2O4S.C21H22N2O3S/c1-32-20-10-9-17(33(30,31)21-8-4-6-16-5-2-3-7-18(16)21)15-19(20)27-11-13-28(14-12-27)22(29)23(24,25)26;1-26-20-10-9-17(15-19(20)23-13-11-22-12-14-23)27(24,25)21-8-4-6-16-5-2-3-7-18(16)21/h2-10,15H,11-14H2,1H3;2-10,15,22H,11-14H2,1H3. The summed E-state index contributed by atoms with van der Waals surface area (Å²) in [4.78, 5) is 17.0. The Morgan fingerprint density at radius 1 is 0.567 bits per heavy atom. The second-order valence-electron chi connectivity index (χ2n) is 14.1. The van der Waals surface area contributed by atoms with Gasteiger partial charge in [0.1, 0.15) is 11.5 Å². The van der Waals surface area contributed by atoms with Crippen molar-refractivity contribution in [3.8, 4) is 11.5 Å². The maximum Gasteiger partial charge on any atom is 0.471 e. The van der Waals surface area contributed by atoms with E-state index >= 15 is 0 Å². The fourth-order valence-corrected chi connectivity index (χ4v) is 10.5. The van der Waals surface area contributed by atoms with E-state index in [1.165, 1.54) is 25.3 Å². The Labute approximate surface area is 346 Å². The summed E-state index contributed by atoms with van der Waals surface area (Å²) in [7, 11) is -4.50. The van der Waals surface area contributed by atoms with Crippen molar-refractivity contribution in [1.82, 2.24) is 10.2 Å². The number of carbonyl (C=O) groups excluding carboxylic acids is 1. The van der Waals surface area contributed by atoms with E-state index in [9.17, 15) is 34.8 Å². The zero-order valence-corrected chi connectivity index (χ0v) is 34.5. The highest BCUT2D eigenvalue weighted by molar-refractivity contribution is 7.92. The van der Waals surface area contributed by atoms with Crippen molar-refractivity contribution < 1.29 is 44.3 Å². The predicted molar refractivity (Wildman–Crippen MR) is 225 cm³/mol. The molecule has 1 amide bonds. The number of piperazine rings is 2. The van der Waals surface area contributed by atoms with Crippen LogP contribution in [0.4, 0.5) is 24.5 Å². The van der Waals surface area contributed by atoms with Gasteiger partial charge in [-0.15, -0.1) is 0 Å². The van der Waals surface area contributed by atoms with Crippen LogP contribution in [0.15, 0.2) is 141 Å². The quantitative estimate of drug-likeness (QED) is 0.171. The van der Waals surface area contributed by atoms with Crippen LogP contribution in [0.1, 0.15) is 0 Å². The molecule has 0 saturated carbocycles. The smallest absolute Gasteiger partial charge is 0.471 e. The van der Waals surface area contributed by atoms with Gasteiger partial charge in [-0.3, -0.25) is 4.79 Å². The summed E-state index contributed by atoms with van der Waals surface area (Å²) >= 11 is 0. The fourth-order valence-electron chi connectivity index (χ4n) is 7.52. The van der Waals surface area contributed by atoms with Crippen LogP contribution in [0, 0.1) is 0 Å². The number of hydrogen-bond donors (Lipinski definition) is 1. The average molecular weight is 861 g/mol. The monoisotopic (exact) mass is 860 g/mol. The van der Waals surface area contributed by atoms with Crippen molar-refractivity contribution in [3.63, 3.8) is 0 Å². The van der Waals surface area contributed by atoms with E-state index in [4.69, 9.17) is 9.47 Å². The van der Waals surface area contributed by atoms with Crippen LogP contribution in [-0.2, 0) is 24.5 Å². The second-order valence-corrected chi connectivity index (χ2v) is 18.0. The van der Waals surface area contributed by atoms with Crippen LogP contribution in [0.5, 0.6) is 11.5 Å². The van der Waals surface area contributed by atoms with E-state index < -0.39 is 31.8 Å². The lowest BCUT2D eigenvalue weighted by atomic mass is 10.1. The van der Waals surface area contributed by atoms with Gasteiger partial charge in [-0.1, -0.05) is 72.8 Å². The second kappa shape index (κ2) is 17.4. The molecule has 16 heteroatoms. The highest BCUT2D eigenvalue weighted by Crippen LogP contribution is 2.37. The van der Waals surface area contributed by atoms with E-state index in [0.29, 0.717) is 27.5 Å². The van der Waals surface area contributed by atoms with Gasteiger partial charge in [-0.05, 0) is 59.3 Å². The molecule has 314 valence electrons. The summed E-state index contributed by atoms with van der Waals surface area (Å²) in [6.45, 7) is 3.30. The number of carbonyl (C=O) groups is 1. The van der Waals surface area contributed by atoms with Crippen LogP contribution >= 0.6 is 0 Å². The lowest BCUT2D eigenvalue weighted by Crippen LogP contribution is -2.52. The van der Waals surface area contributed by atoms with Crippen LogP contribution in [0.25, 0.3) is 21.5 Å². The lowest BCUT2D eigenvalue weighted by molar-refractivity contribution is -0.185. The number of halogens is 3. The molecule has 6 aromatic rings. The average Bonchev–Trinajstić information content (AvgIpc) is 3.28. The zero-order chi connectivity index (χ0) is 42.7. The maximum absolute atomic E-state index is 13.5. The molecule has 11 nitrogen and oxygen atoms in total. The van der Waals surface area contributed by atoms with Crippen molar-refractivity contribution in [2.45, 2.75) is 25.8 Å². The van der Waals surface area contributed by atoms with Gasteiger partial charge in [0.2, 0.25) is 19.7 Å². The first-order valence-electron chi connectivity index (χ1n) is 19.1. The number of amides is 1. The minimum Gasteiger partial charge on any atom is -0.495 e. The summed E-state index contributed by atoms with van der Waals surface area (Å²) in [5, 5.41) is 6.34. The largest absolute Gasteiger partial charge is 0.495 e. The van der Waals surface area contributed by atoms with E-state index in [1.807, 2.05) is 48.5 Å². The first kappa shape index (κ1) is 42.3. The van der Waals surface area contributed by atoms with E-state index in [0.717, 1.165) is 52.9 Å². The molecule has 2 aliphatic rings. The molecule has 0 atom stereocenters. The normalized spacial score (nSPS) is 15.1. The number of sulfone groups is 2. The Balaban J connectivity index is 0.000000185. The number of hydrogen-bond acceptors (Lipinski definition) is 10. The Bertz CT molecular complexity index is 2740. The molecule has 2 heterocycles. The number of anilines is 2. The number of rotatable bonds is 8. The van der Waals surface area contributed by atoms with Crippen LogP contribution in [0.2, 0.25) is 0 Å². The van der Waals surface area contributed by atoms with Crippen molar-refractivity contribution in [3.05, 3.63) is 121 Å². The summed E-state index contributed by atoms with van der Waals surface area (Å²) in [6, 6.07) is 34.7. The van der Waals surface area contributed by atoms with Crippen molar-refractivity contribution in [2.24, 2.45) is 0 Å². The summed E-state index contributed by atoms with van der Waals surface area (Å²) in [6.07, 6.45) is -4.92. The van der Waals surface area contributed by atoms with E-state index in [2.05, 4.69) is 10.2 Å². The number of fused-ring (bicyclic) bond motifs is 2. The van der Waals surface area contributed by atoms with Gasteiger partial charge in [0, 0.05) is 63.1 Å². The van der Waals surface area contributed by atoms with Gasteiger partial charge in [0.05, 0.1) is 45.2 Å². The molecule has 2 aliphatic heterocycles. The third-order valence-electron chi connectivity index (χ3n) is 10.6. The lowest BCUT2D eigenvalue weighted by Gasteiger charge is -2.36. The molecule has 0 aliphatic carbocycles. The Morgan fingerprint density at radius 3 is 1.42 bits per heavy atom. The molecule has 0 bridgehead atoms. The van der Waals surface area contributed by atoms with Crippen molar-refractivity contribution >= 4 is 58.5 Å². The molecular weight excluding hydrogens is 818 g/mol. The minimum absolute atomic E-state index is 0.0449. The third-order valence-corrected chi connectivity index (χ3v) is 14.2. The number of ether oxygens (including phenoxy) is 2. The minimum atomic E-state index is -4.92. The van der Waals surface area contributed by atoms with Gasteiger partial charge in [0.25, 0.3) is 0 Å². The highest BCUT2D eigenvalue weighted by atomic mass is 32.2. The number of benzene rings is 6. The SMILES string of the molecule is COc1ccc(S(=O)(=O)c2cccc3ccccc23)cc1N1CCN(C(=O)C(F)(F)F)CC1.COc1ccc(S(=O)(=O)c2cccc3ccccc23)cc1N1CCNCC1. The van der Waals surface area contributed by atoms with Gasteiger partial charge in [-0.25, -0.2) is 16.8 Å². The summed E-state index contributed by atoms with van der Waals surface area (Å²) in [5.74, 6) is -0.794. The van der Waals surface area contributed by atoms with Gasteiger partial charge in [-0.2, -0.15) is 13.2 Å². The highest BCUT2D eigenvalue weighted by Gasteiger charge is 2.43. The van der Waals surface area contributed by atoms with Crippen LogP contribution < -0.4 is 24.6 Å². The molecule has 6 aromatic carbocycles. The number of alkyl halides is 3. The molecule has 2 fully saturated rings. The number of nitrogens with zero attached hydrogens (tertiary/aromatic N) is 3. The Hall–Kier alpha value is -5.84. The molecule has 8 rings (SSSR count). The topological polar surface area (TPSA) is 126 Å². The Kier molecular flexibility index (Phi) is 12.3. The van der Waals surface area contributed by atoms with Gasteiger partial charge in [0.15, 0.2) is 0 Å². The van der Waals surface area contributed by atoms with Crippen molar-refractivity contribution in [2.75, 3.05) is 76.4 Å². The first-order chi connectivity index (χ1) is 28.7. The first-order valence-corrected chi connectivity index (χ1v) is 22.1. The predicted octanol–water partition coefficient (Wildman–Crippen LogP) is 6.98. The van der Waals surface area contributed by atoms with Crippen molar-refractivity contribution in [1.29, 1.82) is 0 Å².